The van der Waals surface area contributed by atoms with Crippen LogP contribution in [0.1, 0.15) is 6.92 Å². The van der Waals surface area contributed by atoms with E-state index in [1.807, 2.05) is 19.1 Å². The molecule has 2 atom stereocenters. The average molecular weight is 290 g/mol. The standard InChI is InChI=1S/C16H22N2O3/c1-2-20-14-3-5-15(6-4-14)21-16(19)11-18-9-12-7-17-8-13(12)10-18/h3-6,12-13,17H,2,7-11H2,1H3. The fraction of sp³-hybridized carbons (Fsp3) is 0.562. The van der Waals surface area contributed by atoms with Crippen LogP contribution in [0.3, 0.4) is 0 Å². The highest BCUT2D eigenvalue weighted by molar-refractivity contribution is 5.74. The molecule has 0 radical (unpaired) electrons. The van der Waals surface area contributed by atoms with Gasteiger partial charge in [-0.25, -0.2) is 0 Å². The average Bonchev–Trinajstić information content (AvgIpc) is 3.02. The van der Waals surface area contributed by atoms with Crippen LogP contribution in [0, 0.1) is 11.8 Å². The van der Waals surface area contributed by atoms with Gasteiger partial charge in [0.15, 0.2) is 0 Å². The van der Waals surface area contributed by atoms with Crippen molar-refractivity contribution in [1.82, 2.24) is 10.2 Å². The van der Waals surface area contributed by atoms with Gasteiger partial charge in [-0.05, 0) is 56.1 Å². The van der Waals surface area contributed by atoms with Crippen molar-refractivity contribution in [3.05, 3.63) is 24.3 Å². The summed E-state index contributed by atoms with van der Waals surface area (Å²) in [4.78, 5) is 14.2. The van der Waals surface area contributed by atoms with Crippen molar-refractivity contribution in [2.24, 2.45) is 11.8 Å². The molecule has 0 amide bonds. The molecule has 5 nitrogen and oxygen atoms in total. The first-order valence-corrected chi connectivity index (χ1v) is 7.61. The fourth-order valence-electron chi connectivity index (χ4n) is 3.20. The zero-order valence-corrected chi connectivity index (χ0v) is 12.4. The smallest absolute Gasteiger partial charge is 0.325 e. The number of benzene rings is 1. The summed E-state index contributed by atoms with van der Waals surface area (Å²) >= 11 is 0. The Balaban J connectivity index is 1.47. The normalized spacial score (nSPS) is 24.8. The third-order valence-electron chi connectivity index (χ3n) is 4.18. The number of esters is 1. The molecule has 0 spiro atoms. The number of hydrogen-bond donors (Lipinski definition) is 1. The van der Waals surface area contributed by atoms with Crippen LogP contribution in [-0.4, -0.2) is 50.2 Å². The molecule has 1 aromatic rings. The minimum Gasteiger partial charge on any atom is -0.494 e. The van der Waals surface area contributed by atoms with Crippen molar-refractivity contribution < 1.29 is 14.3 Å². The van der Waals surface area contributed by atoms with Crippen LogP contribution in [0.15, 0.2) is 24.3 Å². The van der Waals surface area contributed by atoms with Crippen LogP contribution in [0.2, 0.25) is 0 Å². The molecule has 1 aromatic carbocycles. The summed E-state index contributed by atoms with van der Waals surface area (Å²) in [6.45, 7) is 7.09. The van der Waals surface area contributed by atoms with Gasteiger partial charge in [0.1, 0.15) is 11.5 Å². The van der Waals surface area contributed by atoms with Crippen LogP contribution >= 0.6 is 0 Å². The molecule has 0 aromatic heterocycles. The molecular formula is C16H22N2O3. The van der Waals surface area contributed by atoms with Gasteiger partial charge in [0.25, 0.3) is 0 Å². The second kappa shape index (κ2) is 6.45. The highest BCUT2D eigenvalue weighted by Gasteiger charge is 2.36. The molecule has 0 bridgehead atoms. The van der Waals surface area contributed by atoms with Gasteiger partial charge in [0.05, 0.1) is 13.2 Å². The zero-order chi connectivity index (χ0) is 14.7. The summed E-state index contributed by atoms with van der Waals surface area (Å²) in [7, 11) is 0. The first-order chi connectivity index (χ1) is 10.2. The van der Waals surface area contributed by atoms with Crippen LogP contribution in [0.5, 0.6) is 11.5 Å². The van der Waals surface area contributed by atoms with Gasteiger partial charge in [-0.1, -0.05) is 0 Å². The lowest BCUT2D eigenvalue weighted by molar-refractivity contribution is -0.135. The van der Waals surface area contributed by atoms with E-state index in [1.165, 1.54) is 0 Å². The summed E-state index contributed by atoms with van der Waals surface area (Å²) in [5, 5.41) is 3.40. The maximum absolute atomic E-state index is 12.0. The number of fused-ring (bicyclic) bond motifs is 1. The molecular weight excluding hydrogens is 268 g/mol. The van der Waals surface area contributed by atoms with E-state index in [1.54, 1.807) is 12.1 Å². The maximum atomic E-state index is 12.0. The number of nitrogens with one attached hydrogen (secondary N) is 1. The predicted molar refractivity (Wildman–Crippen MR) is 79.5 cm³/mol. The molecule has 114 valence electrons. The van der Waals surface area contributed by atoms with Crippen LogP contribution in [-0.2, 0) is 4.79 Å². The van der Waals surface area contributed by atoms with Crippen molar-refractivity contribution >= 4 is 5.97 Å². The number of likely N-dealkylation sites (tertiary alicyclic amines) is 1. The Morgan fingerprint density at radius 2 is 1.81 bits per heavy atom. The van der Waals surface area contributed by atoms with Crippen molar-refractivity contribution in [2.45, 2.75) is 6.92 Å². The van der Waals surface area contributed by atoms with Crippen molar-refractivity contribution in [1.29, 1.82) is 0 Å². The minimum absolute atomic E-state index is 0.188. The first kappa shape index (κ1) is 14.4. The lowest BCUT2D eigenvalue weighted by atomic mass is 10.0. The summed E-state index contributed by atoms with van der Waals surface area (Å²) < 4.78 is 10.7. The van der Waals surface area contributed by atoms with Gasteiger partial charge in [0, 0.05) is 13.1 Å². The molecule has 2 unspecified atom stereocenters. The van der Waals surface area contributed by atoms with E-state index < -0.39 is 0 Å². The summed E-state index contributed by atoms with van der Waals surface area (Å²) in [5.41, 5.74) is 0. The Kier molecular flexibility index (Phi) is 4.41. The van der Waals surface area contributed by atoms with Gasteiger partial charge in [-0.2, -0.15) is 0 Å². The Morgan fingerprint density at radius 1 is 1.19 bits per heavy atom. The van der Waals surface area contributed by atoms with Crippen LogP contribution in [0.25, 0.3) is 0 Å². The number of rotatable bonds is 5. The molecule has 2 aliphatic heterocycles. The minimum atomic E-state index is -0.188. The molecule has 2 aliphatic rings. The number of carbonyl (C=O) groups excluding carboxylic acids is 1. The van der Waals surface area contributed by atoms with Crippen LogP contribution in [0.4, 0.5) is 0 Å². The Bertz CT molecular complexity index is 477. The van der Waals surface area contributed by atoms with Gasteiger partial charge >= 0.3 is 5.97 Å². The third kappa shape index (κ3) is 3.54. The molecule has 1 N–H and O–H groups in total. The number of carbonyl (C=O) groups is 1. The van der Waals surface area contributed by atoms with E-state index >= 15 is 0 Å². The second-order valence-electron chi connectivity index (χ2n) is 5.75. The van der Waals surface area contributed by atoms with E-state index in [-0.39, 0.29) is 5.97 Å². The lowest BCUT2D eigenvalue weighted by Crippen LogP contribution is -2.32. The number of nitrogens with zero attached hydrogens (tertiary/aromatic N) is 1. The van der Waals surface area contributed by atoms with Crippen molar-refractivity contribution in [2.75, 3.05) is 39.3 Å². The van der Waals surface area contributed by atoms with Crippen LogP contribution < -0.4 is 14.8 Å². The van der Waals surface area contributed by atoms with Gasteiger partial charge in [-0.3, -0.25) is 9.69 Å². The summed E-state index contributed by atoms with van der Waals surface area (Å²) in [6, 6.07) is 7.17. The zero-order valence-electron chi connectivity index (χ0n) is 12.4. The lowest BCUT2D eigenvalue weighted by Gasteiger charge is -2.15. The monoisotopic (exact) mass is 290 g/mol. The van der Waals surface area contributed by atoms with Crippen molar-refractivity contribution in [3.63, 3.8) is 0 Å². The fourth-order valence-corrected chi connectivity index (χ4v) is 3.20. The molecule has 0 saturated carbocycles. The highest BCUT2D eigenvalue weighted by atomic mass is 16.5. The van der Waals surface area contributed by atoms with E-state index in [0.717, 1.165) is 31.9 Å². The number of hydrogen-bond acceptors (Lipinski definition) is 5. The van der Waals surface area contributed by atoms with Crippen molar-refractivity contribution in [3.8, 4) is 11.5 Å². The number of ether oxygens (including phenoxy) is 2. The molecule has 21 heavy (non-hydrogen) atoms. The third-order valence-corrected chi connectivity index (χ3v) is 4.18. The Morgan fingerprint density at radius 3 is 2.43 bits per heavy atom. The van der Waals surface area contributed by atoms with E-state index in [9.17, 15) is 4.79 Å². The van der Waals surface area contributed by atoms with Gasteiger partial charge in [-0.15, -0.1) is 0 Å². The van der Waals surface area contributed by atoms with E-state index in [4.69, 9.17) is 9.47 Å². The molecule has 2 heterocycles. The predicted octanol–water partition coefficient (Wildman–Crippen LogP) is 1.14. The molecule has 2 saturated heterocycles. The molecule has 3 rings (SSSR count). The van der Waals surface area contributed by atoms with E-state index in [0.29, 0.717) is 30.7 Å². The topological polar surface area (TPSA) is 50.8 Å². The maximum Gasteiger partial charge on any atom is 0.325 e. The SMILES string of the molecule is CCOc1ccc(OC(=O)CN2CC3CNCC3C2)cc1. The highest BCUT2D eigenvalue weighted by Crippen LogP contribution is 2.26. The molecule has 0 aliphatic carbocycles. The van der Waals surface area contributed by atoms with Gasteiger partial charge in [0.2, 0.25) is 0 Å². The van der Waals surface area contributed by atoms with E-state index in [2.05, 4.69) is 10.2 Å². The Hall–Kier alpha value is -1.59. The Labute approximate surface area is 125 Å². The quantitative estimate of drug-likeness (QED) is 0.651. The summed E-state index contributed by atoms with van der Waals surface area (Å²) in [6.07, 6.45) is 0. The largest absolute Gasteiger partial charge is 0.494 e. The molecule has 5 heteroatoms. The second-order valence-corrected chi connectivity index (χ2v) is 5.75. The first-order valence-electron chi connectivity index (χ1n) is 7.61. The summed E-state index contributed by atoms with van der Waals surface area (Å²) in [5.74, 6) is 2.57. The van der Waals surface area contributed by atoms with Gasteiger partial charge < -0.3 is 14.8 Å². The molecule has 2 fully saturated rings.